The molecule has 0 aliphatic carbocycles. The van der Waals surface area contributed by atoms with Crippen molar-refractivity contribution in [3.63, 3.8) is 0 Å². The number of hydrogen-bond donors (Lipinski definition) is 0. The quantitative estimate of drug-likeness (QED) is 0.510. The van der Waals surface area contributed by atoms with Gasteiger partial charge in [0.1, 0.15) is 12.2 Å². The van der Waals surface area contributed by atoms with E-state index in [-0.39, 0.29) is 24.6 Å². The van der Waals surface area contributed by atoms with Crippen LogP contribution in [0.2, 0.25) is 0 Å². The molecule has 0 atom stereocenters. The van der Waals surface area contributed by atoms with Crippen LogP contribution in [0.15, 0.2) is 53.1 Å². The third-order valence-electron chi connectivity index (χ3n) is 3.33. The van der Waals surface area contributed by atoms with E-state index in [1.807, 2.05) is 30.3 Å². The van der Waals surface area contributed by atoms with Crippen LogP contribution in [0.1, 0.15) is 23.2 Å². The van der Waals surface area contributed by atoms with Gasteiger partial charge in [-0.25, -0.2) is 4.68 Å². The van der Waals surface area contributed by atoms with Crippen LogP contribution >= 0.6 is 0 Å². The molecule has 2 aromatic heterocycles. The molecular weight excluding hydrogens is 310 g/mol. The molecule has 0 amide bonds. The van der Waals surface area contributed by atoms with Crippen molar-refractivity contribution in [2.45, 2.75) is 13.5 Å². The maximum atomic E-state index is 12.6. The summed E-state index contributed by atoms with van der Waals surface area (Å²) in [5.74, 6) is -0.680. The Kier molecular flexibility index (Phi) is 4.51. The Morgan fingerprint density at radius 2 is 1.96 bits per heavy atom. The third kappa shape index (κ3) is 3.10. The van der Waals surface area contributed by atoms with Crippen molar-refractivity contribution in [3.05, 3.63) is 60.2 Å². The number of nitrogens with zero attached hydrogens (tertiary/aromatic N) is 3. The predicted octanol–water partition coefficient (Wildman–Crippen LogP) is 2.33. The van der Waals surface area contributed by atoms with Crippen LogP contribution in [-0.4, -0.2) is 33.4 Å². The van der Waals surface area contributed by atoms with Gasteiger partial charge in [0.2, 0.25) is 0 Å². The molecule has 24 heavy (non-hydrogen) atoms. The van der Waals surface area contributed by atoms with E-state index in [0.29, 0.717) is 5.69 Å². The van der Waals surface area contributed by atoms with Crippen LogP contribution in [0.3, 0.4) is 0 Å². The van der Waals surface area contributed by atoms with Crippen LogP contribution < -0.4 is 0 Å². The summed E-state index contributed by atoms with van der Waals surface area (Å²) in [6, 6.07) is 12.3. The predicted molar refractivity (Wildman–Crippen MR) is 84.2 cm³/mol. The molecule has 0 saturated heterocycles. The zero-order valence-corrected chi connectivity index (χ0v) is 13.0. The molecule has 0 unspecified atom stereocenters. The van der Waals surface area contributed by atoms with Gasteiger partial charge in [-0.2, -0.15) is 0 Å². The minimum atomic E-state index is -0.448. The first-order chi connectivity index (χ1) is 11.7. The summed E-state index contributed by atoms with van der Waals surface area (Å²) in [7, 11) is 0. The summed E-state index contributed by atoms with van der Waals surface area (Å²) >= 11 is 0. The number of carbonyl (C=O) groups is 2. The number of rotatable bonds is 6. The SMILES string of the molecule is CCOC(=O)Cn1nnc(C(=O)c2ccco2)c1-c1ccccc1. The lowest BCUT2D eigenvalue weighted by atomic mass is 10.1. The van der Waals surface area contributed by atoms with Crippen LogP contribution in [0.25, 0.3) is 11.3 Å². The second-order valence-electron chi connectivity index (χ2n) is 4.92. The Labute approximate surface area is 137 Å². The van der Waals surface area contributed by atoms with Crippen LogP contribution in [0.4, 0.5) is 0 Å². The maximum absolute atomic E-state index is 12.6. The summed E-state index contributed by atoms with van der Waals surface area (Å²) in [6.45, 7) is 1.87. The molecule has 122 valence electrons. The first kappa shape index (κ1) is 15.7. The van der Waals surface area contributed by atoms with Crippen molar-refractivity contribution in [2.75, 3.05) is 6.61 Å². The largest absolute Gasteiger partial charge is 0.465 e. The number of carbonyl (C=O) groups excluding carboxylic acids is 2. The van der Waals surface area contributed by atoms with Gasteiger partial charge in [-0.05, 0) is 19.1 Å². The Hall–Kier alpha value is -3.22. The standard InChI is InChI=1S/C17H15N3O4/c1-2-23-14(21)11-20-16(12-7-4-3-5-8-12)15(18-19-20)17(22)13-9-6-10-24-13/h3-10H,2,11H2,1H3. The lowest BCUT2D eigenvalue weighted by molar-refractivity contribution is -0.144. The molecule has 1 aromatic carbocycles. The molecule has 0 N–H and O–H groups in total. The maximum Gasteiger partial charge on any atom is 0.327 e. The van der Waals surface area contributed by atoms with E-state index in [1.165, 1.54) is 10.9 Å². The highest BCUT2D eigenvalue weighted by Crippen LogP contribution is 2.24. The average molecular weight is 325 g/mol. The molecule has 3 aromatic rings. The van der Waals surface area contributed by atoms with Crippen molar-refractivity contribution in [2.24, 2.45) is 0 Å². The molecule has 0 aliphatic rings. The van der Waals surface area contributed by atoms with Gasteiger partial charge in [0.25, 0.3) is 5.78 Å². The molecule has 0 bridgehead atoms. The number of ether oxygens (including phenoxy) is 1. The molecule has 0 fully saturated rings. The first-order valence-electron chi connectivity index (χ1n) is 7.43. The van der Waals surface area contributed by atoms with E-state index in [0.717, 1.165) is 5.56 Å². The van der Waals surface area contributed by atoms with Gasteiger partial charge in [0.05, 0.1) is 12.9 Å². The van der Waals surface area contributed by atoms with E-state index in [4.69, 9.17) is 9.15 Å². The van der Waals surface area contributed by atoms with Crippen molar-refractivity contribution in [1.29, 1.82) is 0 Å². The number of aromatic nitrogens is 3. The smallest absolute Gasteiger partial charge is 0.327 e. The number of ketones is 1. The normalized spacial score (nSPS) is 10.5. The van der Waals surface area contributed by atoms with Crippen LogP contribution in [0, 0.1) is 0 Å². The van der Waals surface area contributed by atoms with Crippen molar-refractivity contribution in [3.8, 4) is 11.3 Å². The Morgan fingerprint density at radius 3 is 2.62 bits per heavy atom. The Balaban J connectivity index is 2.05. The summed E-state index contributed by atoms with van der Waals surface area (Å²) in [6.07, 6.45) is 1.42. The van der Waals surface area contributed by atoms with E-state index in [2.05, 4.69) is 10.3 Å². The fourth-order valence-electron chi connectivity index (χ4n) is 2.31. The number of hydrogen-bond acceptors (Lipinski definition) is 6. The van der Waals surface area contributed by atoms with Gasteiger partial charge in [-0.1, -0.05) is 35.5 Å². The van der Waals surface area contributed by atoms with Gasteiger partial charge in [-0.15, -0.1) is 5.10 Å². The monoisotopic (exact) mass is 325 g/mol. The fourth-order valence-corrected chi connectivity index (χ4v) is 2.31. The van der Waals surface area contributed by atoms with Gasteiger partial charge < -0.3 is 9.15 Å². The molecule has 7 nitrogen and oxygen atoms in total. The topological polar surface area (TPSA) is 87.2 Å². The molecule has 0 saturated carbocycles. The number of esters is 1. The number of benzene rings is 1. The molecule has 0 aliphatic heterocycles. The lowest BCUT2D eigenvalue weighted by Gasteiger charge is -2.07. The molecule has 3 rings (SSSR count). The molecule has 0 radical (unpaired) electrons. The lowest BCUT2D eigenvalue weighted by Crippen LogP contribution is -2.16. The van der Waals surface area contributed by atoms with Crippen LogP contribution in [0.5, 0.6) is 0 Å². The minimum absolute atomic E-state index is 0.125. The average Bonchev–Trinajstić information content (AvgIpc) is 3.25. The van der Waals surface area contributed by atoms with Gasteiger partial charge in [0, 0.05) is 5.56 Å². The minimum Gasteiger partial charge on any atom is -0.465 e. The highest BCUT2D eigenvalue weighted by Gasteiger charge is 2.25. The highest BCUT2D eigenvalue weighted by atomic mass is 16.5. The zero-order chi connectivity index (χ0) is 16.9. The van der Waals surface area contributed by atoms with Crippen molar-refractivity contribution in [1.82, 2.24) is 15.0 Å². The zero-order valence-electron chi connectivity index (χ0n) is 13.0. The van der Waals surface area contributed by atoms with Crippen molar-refractivity contribution >= 4 is 11.8 Å². The van der Waals surface area contributed by atoms with Crippen LogP contribution in [-0.2, 0) is 16.1 Å². The molecule has 2 heterocycles. The second kappa shape index (κ2) is 6.91. The summed E-state index contributed by atoms with van der Waals surface area (Å²) < 4.78 is 11.5. The molecule has 7 heteroatoms. The summed E-state index contributed by atoms with van der Waals surface area (Å²) in [5, 5.41) is 7.91. The molecule has 0 spiro atoms. The van der Waals surface area contributed by atoms with Crippen molar-refractivity contribution < 1.29 is 18.7 Å². The second-order valence-corrected chi connectivity index (χ2v) is 4.92. The van der Waals surface area contributed by atoms with Gasteiger partial charge in [-0.3, -0.25) is 9.59 Å². The van der Waals surface area contributed by atoms with E-state index in [9.17, 15) is 9.59 Å². The van der Waals surface area contributed by atoms with E-state index < -0.39 is 11.8 Å². The van der Waals surface area contributed by atoms with E-state index >= 15 is 0 Å². The van der Waals surface area contributed by atoms with Gasteiger partial charge >= 0.3 is 5.97 Å². The Morgan fingerprint density at radius 1 is 1.17 bits per heavy atom. The third-order valence-corrected chi connectivity index (χ3v) is 3.33. The highest BCUT2D eigenvalue weighted by molar-refractivity contribution is 6.09. The summed E-state index contributed by atoms with van der Waals surface area (Å²) in [4.78, 5) is 24.4. The van der Waals surface area contributed by atoms with Gasteiger partial charge in [0.15, 0.2) is 11.5 Å². The number of furan rings is 1. The summed E-state index contributed by atoms with van der Waals surface area (Å²) in [5.41, 5.74) is 1.30. The fraction of sp³-hybridized carbons (Fsp3) is 0.176. The van der Waals surface area contributed by atoms with E-state index in [1.54, 1.807) is 19.1 Å². The first-order valence-corrected chi connectivity index (χ1v) is 7.43. The Bertz CT molecular complexity index is 838. The molecular formula is C17H15N3O4.